The van der Waals surface area contributed by atoms with Gasteiger partial charge in [0.15, 0.2) is 0 Å². The molecule has 0 bridgehead atoms. The van der Waals surface area contributed by atoms with E-state index >= 15 is 0 Å². The molecule has 168 valence electrons. The molecule has 2 aliphatic heterocycles. The van der Waals surface area contributed by atoms with Gasteiger partial charge < -0.3 is 20.1 Å². The third-order valence-corrected chi connectivity index (χ3v) is 6.38. The number of alkyl halides is 3. The lowest BCUT2D eigenvalue weighted by atomic mass is 9.90. The zero-order valence-electron chi connectivity index (χ0n) is 16.6. The fourth-order valence-electron chi connectivity index (χ4n) is 4.02. The molecule has 4 rings (SSSR count). The van der Waals surface area contributed by atoms with Gasteiger partial charge >= 0.3 is 12.1 Å². The first-order valence-electron chi connectivity index (χ1n) is 10.2. The average Bonchev–Trinajstić information content (AvgIpc) is 3.16. The van der Waals surface area contributed by atoms with E-state index in [1.807, 2.05) is 16.8 Å². The summed E-state index contributed by atoms with van der Waals surface area (Å²) in [5, 5.41) is 14.0. The summed E-state index contributed by atoms with van der Waals surface area (Å²) >= 11 is 1.56. The van der Waals surface area contributed by atoms with Gasteiger partial charge in [-0.15, -0.1) is 0 Å². The van der Waals surface area contributed by atoms with E-state index in [1.165, 1.54) is 38.8 Å². The number of nitrogens with zero attached hydrogens (tertiary/aromatic N) is 1. The van der Waals surface area contributed by atoms with Gasteiger partial charge in [-0.1, -0.05) is 0 Å². The third kappa shape index (κ3) is 6.68. The number of thiophene rings is 1. The largest absolute Gasteiger partial charge is 0.490 e. The Kier molecular flexibility index (Phi) is 7.41. The van der Waals surface area contributed by atoms with Gasteiger partial charge in [0.25, 0.3) is 5.91 Å². The summed E-state index contributed by atoms with van der Waals surface area (Å²) in [6, 6.07) is 1.87. The summed E-state index contributed by atoms with van der Waals surface area (Å²) in [6.45, 7) is 4.19. The lowest BCUT2D eigenvalue weighted by Gasteiger charge is -2.39. The topological polar surface area (TPSA) is 78.9 Å². The Labute approximate surface area is 177 Å². The molecule has 30 heavy (non-hydrogen) atoms. The summed E-state index contributed by atoms with van der Waals surface area (Å²) < 4.78 is 38.2. The number of ether oxygens (including phenoxy) is 1. The second-order valence-electron chi connectivity index (χ2n) is 8.27. The van der Waals surface area contributed by atoms with Crippen molar-refractivity contribution in [3.63, 3.8) is 0 Å². The van der Waals surface area contributed by atoms with Crippen LogP contribution < -0.4 is 5.32 Å². The zero-order chi connectivity index (χ0) is 21.8. The molecule has 0 radical (unpaired) electrons. The van der Waals surface area contributed by atoms with E-state index in [1.54, 1.807) is 11.3 Å². The summed E-state index contributed by atoms with van der Waals surface area (Å²) in [5.74, 6) is -1.78. The van der Waals surface area contributed by atoms with Crippen LogP contribution in [0.2, 0.25) is 0 Å². The van der Waals surface area contributed by atoms with Crippen LogP contribution in [0.1, 0.15) is 48.9 Å². The van der Waals surface area contributed by atoms with Gasteiger partial charge in [-0.3, -0.25) is 4.79 Å². The fourth-order valence-corrected chi connectivity index (χ4v) is 4.65. The van der Waals surface area contributed by atoms with Crippen molar-refractivity contribution >= 4 is 23.2 Å². The average molecular weight is 449 g/mol. The number of aliphatic carboxylic acids is 1. The van der Waals surface area contributed by atoms with Crippen molar-refractivity contribution < 1.29 is 32.6 Å². The monoisotopic (exact) mass is 448 g/mol. The molecule has 10 heteroatoms. The number of carboxylic acid groups (broad SMARTS) is 1. The van der Waals surface area contributed by atoms with Crippen LogP contribution in [0.5, 0.6) is 0 Å². The third-order valence-electron chi connectivity index (χ3n) is 5.70. The van der Waals surface area contributed by atoms with Gasteiger partial charge in [-0.05, 0) is 55.9 Å². The Hall–Kier alpha value is -1.65. The zero-order valence-corrected chi connectivity index (χ0v) is 17.4. The number of hydrogen-bond acceptors (Lipinski definition) is 5. The van der Waals surface area contributed by atoms with Crippen LogP contribution in [0.4, 0.5) is 13.2 Å². The van der Waals surface area contributed by atoms with Crippen LogP contribution in [-0.4, -0.2) is 65.9 Å². The second kappa shape index (κ2) is 9.65. The highest BCUT2D eigenvalue weighted by molar-refractivity contribution is 7.08. The molecule has 1 aromatic heterocycles. The van der Waals surface area contributed by atoms with Gasteiger partial charge in [0.1, 0.15) is 0 Å². The lowest BCUT2D eigenvalue weighted by Crippen LogP contribution is -2.47. The molecule has 3 aliphatic rings. The molecule has 2 atom stereocenters. The number of likely N-dealkylation sites (tertiary alicyclic amines) is 1. The normalized spacial score (nSPS) is 26.8. The number of hydrogen-bond donors (Lipinski definition) is 2. The summed E-state index contributed by atoms with van der Waals surface area (Å²) in [7, 11) is 0. The van der Waals surface area contributed by atoms with Gasteiger partial charge in [0.2, 0.25) is 0 Å². The highest BCUT2D eigenvalue weighted by atomic mass is 32.1. The van der Waals surface area contributed by atoms with Gasteiger partial charge in [0.05, 0.1) is 11.7 Å². The van der Waals surface area contributed by atoms with Crippen molar-refractivity contribution in [2.24, 2.45) is 5.92 Å². The Bertz CT molecular complexity index is 724. The van der Waals surface area contributed by atoms with E-state index in [4.69, 9.17) is 14.6 Å². The number of carbonyl (C=O) groups excluding carboxylic acids is 1. The Morgan fingerprint density at radius 1 is 1.30 bits per heavy atom. The van der Waals surface area contributed by atoms with Crippen LogP contribution in [0.3, 0.4) is 0 Å². The molecule has 3 fully saturated rings. The number of carboxylic acids is 1. The molecule has 2 saturated heterocycles. The molecule has 1 aliphatic carbocycles. The first-order chi connectivity index (χ1) is 14.2. The summed E-state index contributed by atoms with van der Waals surface area (Å²) in [5.41, 5.74) is 0.822. The van der Waals surface area contributed by atoms with Gasteiger partial charge in [-0.2, -0.15) is 24.5 Å². The molecule has 1 saturated carbocycles. The molecule has 2 N–H and O–H groups in total. The Morgan fingerprint density at radius 3 is 2.63 bits per heavy atom. The standard InChI is InChI=1S/C18H26N2O2S.C2HF3O2/c21-17(15-5-9-23-12-15)19-10-16-2-1-6-18(22-16)7-8-20(13-18)11-14-3-4-14;3-2(4,5)1(6)7/h5,9,12,14,16H,1-4,6-8,10-11,13H2,(H,19,21);(H,6,7)/t16-,18-;/m1./s1. The minimum Gasteiger partial charge on any atom is -0.475 e. The van der Waals surface area contributed by atoms with Crippen molar-refractivity contribution in [2.75, 3.05) is 26.2 Å². The summed E-state index contributed by atoms with van der Waals surface area (Å²) in [4.78, 5) is 23.6. The van der Waals surface area contributed by atoms with E-state index in [9.17, 15) is 18.0 Å². The predicted octanol–water partition coefficient (Wildman–Crippen LogP) is 3.53. The Balaban J connectivity index is 0.000000318. The number of amides is 1. The minimum atomic E-state index is -5.08. The molecule has 0 aromatic carbocycles. The predicted molar refractivity (Wildman–Crippen MR) is 106 cm³/mol. The summed E-state index contributed by atoms with van der Waals surface area (Å²) in [6.07, 6.45) is 2.55. The molecule has 1 aromatic rings. The maximum Gasteiger partial charge on any atom is 0.490 e. The second-order valence-corrected chi connectivity index (χ2v) is 9.05. The maximum atomic E-state index is 12.1. The lowest BCUT2D eigenvalue weighted by molar-refractivity contribution is -0.192. The van der Waals surface area contributed by atoms with Crippen LogP contribution >= 0.6 is 11.3 Å². The highest BCUT2D eigenvalue weighted by Crippen LogP contribution is 2.38. The molecule has 1 spiro atoms. The first kappa shape index (κ1) is 23.0. The number of halogens is 3. The molecule has 0 unspecified atom stereocenters. The molecule has 1 amide bonds. The van der Waals surface area contributed by atoms with Crippen molar-refractivity contribution in [1.29, 1.82) is 0 Å². The van der Waals surface area contributed by atoms with Crippen molar-refractivity contribution in [2.45, 2.75) is 56.4 Å². The van der Waals surface area contributed by atoms with E-state index < -0.39 is 12.1 Å². The van der Waals surface area contributed by atoms with Crippen LogP contribution in [0.15, 0.2) is 16.8 Å². The van der Waals surface area contributed by atoms with Crippen molar-refractivity contribution in [1.82, 2.24) is 10.2 Å². The van der Waals surface area contributed by atoms with Gasteiger partial charge in [0, 0.05) is 37.1 Å². The molecular weight excluding hydrogens is 421 g/mol. The first-order valence-corrected chi connectivity index (χ1v) is 11.1. The smallest absolute Gasteiger partial charge is 0.475 e. The van der Waals surface area contributed by atoms with E-state index in [-0.39, 0.29) is 17.6 Å². The van der Waals surface area contributed by atoms with Crippen LogP contribution in [0, 0.1) is 5.92 Å². The Morgan fingerprint density at radius 2 is 2.03 bits per heavy atom. The fraction of sp³-hybridized carbons (Fsp3) is 0.700. The van der Waals surface area contributed by atoms with Crippen LogP contribution in [-0.2, 0) is 9.53 Å². The molecule has 6 nitrogen and oxygen atoms in total. The number of carbonyl (C=O) groups is 2. The SMILES string of the molecule is O=C(NC[C@H]1CCC[C@]2(CCN(CC3CC3)C2)O1)c1ccsc1.O=C(O)C(F)(F)F. The molecule has 3 heterocycles. The molecular formula is C20H27F3N2O4S. The number of rotatable bonds is 5. The van der Waals surface area contributed by atoms with Crippen molar-refractivity contribution in [3.05, 3.63) is 22.4 Å². The number of nitrogens with one attached hydrogen (secondary N) is 1. The quantitative estimate of drug-likeness (QED) is 0.721. The van der Waals surface area contributed by atoms with Crippen molar-refractivity contribution in [3.8, 4) is 0 Å². The highest BCUT2D eigenvalue weighted by Gasteiger charge is 2.44. The van der Waals surface area contributed by atoms with Gasteiger partial charge in [-0.25, -0.2) is 4.79 Å². The minimum absolute atomic E-state index is 0.0243. The van der Waals surface area contributed by atoms with E-state index in [0.29, 0.717) is 6.54 Å². The van der Waals surface area contributed by atoms with E-state index in [2.05, 4.69) is 10.2 Å². The van der Waals surface area contributed by atoms with Crippen LogP contribution in [0.25, 0.3) is 0 Å². The maximum absolute atomic E-state index is 12.1. The van der Waals surface area contributed by atoms with E-state index in [0.717, 1.165) is 30.9 Å².